The summed E-state index contributed by atoms with van der Waals surface area (Å²) in [7, 11) is 0. The molecule has 0 fully saturated rings. The van der Waals surface area contributed by atoms with Gasteiger partial charge in [-0.25, -0.2) is 0 Å². The van der Waals surface area contributed by atoms with Gasteiger partial charge in [0.05, 0.1) is 0 Å². The number of allylic oxidation sites excluding steroid dienone is 1. The van der Waals surface area contributed by atoms with Crippen molar-refractivity contribution in [1.82, 2.24) is 5.32 Å². The summed E-state index contributed by atoms with van der Waals surface area (Å²) >= 11 is 0. The Labute approximate surface area is 126 Å². The van der Waals surface area contributed by atoms with E-state index in [1.807, 2.05) is 19.1 Å². The molecule has 0 aromatic heterocycles. The third-order valence-corrected chi connectivity index (χ3v) is 3.92. The molecule has 1 heterocycles. The van der Waals surface area contributed by atoms with E-state index in [0.29, 0.717) is 31.1 Å². The highest BCUT2D eigenvalue weighted by Crippen LogP contribution is 2.40. The average Bonchev–Trinajstić information content (AvgIpc) is 2.86. The predicted molar refractivity (Wildman–Crippen MR) is 85.8 cm³/mol. The van der Waals surface area contributed by atoms with Crippen LogP contribution in [0.15, 0.2) is 24.8 Å². The van der Waals surface area contributed by atoms with Crippen LogP contribution >= 0.6 is 0 Å². The number of rotatable bonds is 7. The molecule has 0 spiro atoms. The topological polar surface area (TPSA) is 61.4 Å². The van der Waals surface area contributed by atoms with E-state index in [2.05, 4.69) is 17.2 Å². The molecule has 2 rings (SSSR count). The number of nitrogens with one attached hydrogen (secondary N) is 2. The molecular weight excluding hydrogens is 264 g/mol. The Morgan fingerprint density at radius 1 is 1.57 bits per heavy atom. The fourth-order valence-electron chi connectivity index (χ4n) is 2.92. The number of hydrogen-bond acceptors (Lipinski definition) is 3. The van der Waals surface area contributed by atoms with Crippen molar-refractivity contribution in [2.45, 2.75) is 38.5 Å². The molecule has 0 saturated heterocycles. The number of fused-ring (bicyclic) bond motifs is 1. The summed E-state index contributed by atoms with van der Waals surface area (Å²) in [4.78, 5) is 11.5. The van der Waals surface area contributed by atoms with Crippen molar-refractivity contribution in [3.63, 3.8) is 0 Å². The lowest BCUT2D eigenvalue weighted by molar-refractivity contribution is -0.121. The highest BCUT2D eigenvalue weighted by molar-refractivity contribution is 5.75. The molecule has 1 aromatic carbocycles. The Kier molecular flexibility index (Phi) is 5.26. The molecule has 3 N–H and O–H groups in total. The first kappa shape index (κ1) is 15.4. The molecule has 1 aromatic rings. The van der Waals surface area contributed by atoms with Gasteiger partial charge in [-0.05, 0) is 37.0 Å². The van der Waals surface area contributed by atoms with E-state index in [9.17, 15) is 9.90 Å². The number of anilines is 1. The summed E-state index contributed by atoms with van der Waals surface area (Å²) in [6, 6.07) is 3.66. The van der Waals surface area contributed by atoms with Gasteiger partial charge < -0.3 is 15.7 Å². The van der Waals surface area contributed by atoms with Gasteiger partial charge in [-0.15, -0.1) is 6.58 Å². The molecule has 21 heavy (non-hydrogen) atoms. The zero-order valence-electron chi connectivity index (χ0n) is 12.6. The molecule has 4 nitrogen and oxygen atoms in total. The van der Waals surface area contributed by atoms with Gasteiger partial charge in [0.15, 0.2) is 0 Å². The summed E-state index contributed by atoms with van der Waals surface area (Å²) in [6.45, 7) is 7.29. The van der Waals surface area contributed by atoms with Crippen molar-refractivity contribution in [3.05, 3.63) is 35.9 Å². The molecule has 0 radical (unpaired) electrons. The van der Waals surface area contributed by atoms with Crippen molar-refractivity contribution in [2.24, 2.45) is 0 Å². The van der Waals surface area contributed by atoms with E-state index in [1.165, 1.54) is 5.56 Å². The zero-order valence-corrected chi connectivity index (χ0v) is 12.6. The molecule has 1 amide bonds. The van der Waals surface area contributed by atoms with E-state index in [1.54, 1.807) is 6.07 Å². The van der Waals surface area contributed by atoms with Gasteiger partial charge in [0, 0.05) is 36.7 Å². The van der Waals surface area contributed by atoms with Crippen LogP contribution in [0.2, 0.25) is 0 Å². The maximum Gasteiger partial charge on any atom is 0.219 e. The fraction of sp³-hybridized carbons (Fsp3) is 0.471. The van der Waals surface area contributed by atoms with Crippen molar-refractivity contribution < 1.29 is 9.90 Å². The minimum absolute atomic E-state index is 0.117. The minimum atomic E-state index is 0.117. The van der Waals surface area contributed by atoms with E-state index >= 15 is 0 Å². The van der Waals surface area contributed by atoms with Crippen LogP contribution in [0.5, 0.6) is 5.75 Å². The highest BCUT2D eigenvalue weighted by atomic mass is 16.3. The minimum Gasteiger partial charge on any atom is -0.508 e. The molecule has 1 aliphatic rings. The molecule has 0 bridgehead atoms. The Bertz CT molecular complexity index is 526. The summed E-state index contributed by atoms with van der Waals surface area (Å²) in [5.41, 5.74) is 3.23. The number of carbonyl (C=O) groups excluding carboxylic acids is 1. The van der Waals surface area contributed by atoms with Crippen LogP contribution < -0.4 is 10.6 Å². The van der Waals surface area contributed by atoms with Gasteiger partial charge >= 0.3 is 0 Å². The Morgan fingerprint density at radius 3 is 3.10 bits per heavy atom. The van der Waals surface area contributed by atoms with Crippen LogP contribution in [0.25, 0.3) is 0 Å². The molecule has 1 aliphatic heterocycles. The lowest BCUT2D eigenvalue weighted by atomic mass is 9.91. The van der Waals surface area contributed by atoms with Gasteiger partial charge in [0.2, 0.25) is 5.91 Å². The molecule has 0 aliphatic carbocycles. The largest absolute Gasteiger partial charge is 0.508 e. The third-order valence-electron chi connectivity index (χ3n) is 3.92. The summed E-state index contributed by atoms with van der Waals surface area (Å²) in [5, 5.41) is 16.4. The van der Waals surface area contributed by atoms with Gasteiger partial charge in [-0.2, -0.15) is 0 Å². The second-order valence-electron chi connectivity index (χ2n) is 5.48. The maximum absolute atomic E-state index is 11.5. The van der Waals surface area contributed by atoms with Crippen LogP contribution in [-0.4, -0.2) is 24.1 Å². The van der Waals surface area contributed by atoms with Crippen molar-refractivity contribution in [3.8, 4) is 5.75 Å². The number of phenols is 1. The van der Waals surface area contributed by atoms with E-state index < -0.39 is 0 Å². The van der Waals surface area contributed by atoms with Crippen LogP contribution in [-0.2, 0) is 11.2 Å². The van der Waals surface area contributed by atoms with Crippen LogP contribution in [0.3, 0.4) is 0 Å². The first-order valence-electron chi connectivity index (χ1n) is 7.63. The number of hydrogen-bond donors (Lipinski definition) is 3. The SMILES string of the molecule is C=CCc1c(O)ccc2c1[C@@H](CCNC(=O)CCC)CN2. The van der Waals surface area contributed by atoms with Crippen molar-refractivity contribution in [1.29, 1.82) is 0 Å². The van der Waals surface area contributed by atoms with Gasteiger partial charge in [0.25, 0.3) is 0 Å². The molecule has 1 atom stereocenters. The third kappa shape index (κ3) is 3.57. The second-order valence-corrected chi connectivity index (χ2v) is 5.48. The Hall–Kier alpha value is -1.97. The lowest BCUT2D eigenvalue weighted by Gasteiger charge is -2.15. The van der Waals surface area contributed by atoms with E-state index in [-0.39, 0.29) is 5.91 Å². The zero-order chi connectivity index (χ0) is 15.2. The van der Waals surface area contributed by atoms with Crippen molar-refractivity contribution in [2.75, 3.05) is 18.4 Å². The van der Waals surface area contributed by atoms with Gasteiger partial charge in [0.1, 0.15) is 5.75 Å². The molecule has 0 unspecified atom stereocenters. The second kappa shape index (κ2) is 7.16. The van der Waals surface area contributed by atoms with Gasteiger partial charge in [-0.3, -0.25) is 4.79 Å². The first-order chi connectivity index (χ1) is 10.2. The normalized spacial score (nSPS) is 16.1. The number of benzene rings is 1. The molecule has 114 valence electrons. The Balaban J connectivity index is 2.05. The lowest BCUT2D eigenvalue weighted by Crippen LogP contribution is -2.25. The smallest absolute Gasteiger partial charge is 0.219 e. The molecular formula is C17H24N2O2. The molecule has 4 heteroatoms. The first-order valence-corrected chi connectivity index (χ1v) is 7.63. The molecule has 0 saturated carbocycles. The average molecular weight is 288 g/mol. The van der Waals surface area contributed by atoms with Crippen LogP contribution in [0.4, 0.5) is 5.69 Å². The monoisotopic (exact) mass is 288 g/mol. The number of aromatic hydroxyl groups is 1. The van der Waals surface area contributed by atoms with E-state index in [4.69, 9.17) is 0 Å². The number of phenolic OH excluding ortho intramolecular Hbond substituents is 1. The number of amides is 1. The summed E-state index contributed by atoms with van der Waals surface area (Å²) < 4.78 is 0. The fourth-order valence-corrected chi connectivity index (χ4v) is 2.92. The summed E-state index contributed by atoms with van der Waals surface area (Å²) in [5.74, 6) is 0.771. The van der Waals surface area contributed by atoms with Crippen molar-refractivity contribution >= 4 is 11.6 Å². The van der Waals surface area contributed by atoms with Crippen LogP contribution in [0, 0.1) is 0 Å². The quantitative estimate of drug-likeness (QED) is 0.534. The highest BCUT2D eigenvalue weighted by Gasteiger charge is 2.26. The standard InChI is InChI=1S/C17H24N2O2/c1-3-5-13-15(20)8-7-14-17(13)12(11-19-14)9-10-18-16(21)6-4-2/h3,7-8,12,19-20H,1,4-6,9-11H2,2H3,(H,18,21)/t12-/m0/s1. The summed E-state index contributed by atoms with van der Waals surface area (Å²) in [6.07, 6.45) is 4.81. The predicted octanol–water partition coefficient (Wildman–Crippen LogP) is 2.94. The maximum atomic E-state index is 11.5. The number of carbonyl (C=O) groups is 1. The van der Waals surface area contributed by atoms with Crippen LogP contribution in [0.1, 0.15) is 43.2 Å². The Morgan fingerprint density at radius 2 is 2.38 bits per heavy atom. The van der Waals surface area contributed by atoms with Gasteiger partial charge in [-0.1, -0.05) is 13.0 Å². The van der Waals surface area contributed by atoms with E-state index in [0.717, 1.165) is 30.6 Å².